The van der Waals surface area contributed by atoms with Crippen LogP contribution in [0.5, 0.6) is 0 Å². The lowest BCUT2D eigenvalue weighted by atomic mass is 10.1. The van der Waals surface area contributed by atoms with Crippen LogP contribution in [0.1, 0.15) is 42.4 Å². The summed E-state index contributed by atoms with van der Waals surface area (Å²) in [5.41, 5.74) is 4.08. The van der Waals surface area contributed by atoms with Crippen LogP contribution in [0.4, 0.5) is 0 Å². The van der Waals surface area contributed by atoms with Gasteiger partial charge in [0, 0.05) is 24.9 Å². The molecule has 0 saturated carbocycles. The van der Waals surface area contributed by atoms with Crippen molar-refractivity contribution in [3.8, 4) is 0 Å². The average Bonchev–Trinajstić information content (AvgIpc) is 2.87. The van der Waals surface area contributed by atoms with Crippen LogP contribution in [-0.2, 0) is 17.9 Å². The van der Waals surface area contributed by atoms with Gasteiger partial charge in [0.1, 0.15) is 0 Å². The lowest BCUT2D eigenvalue weighted by Crippen LogP contribution is -2.42. The Hall–Kier alpha value is -2.21. The number of carbonyl (C=O) groups excluding carboxylic acids is 1. The molecular formula is C19H28N4O2. The first-order chi connectivity index (χ1) is 12.0. The standard InChI is InChI=1S/C19H28N4O2/c1-5-18(13-24)22(12-17-8-6-7-10-20-17)19(25)9-11-23-16(4)14(2)15(3)21-23/h6-8,10,18,24H,5,9,11-13H2,1-4H3. The molecule has 2 aromatic rings. The van der Waals surface area contributed by atoms with Gasteiger partial charge in [0.05, 0.1) is 30.6 Å². The van der Waals surface area contributed by atoms with Crippen molar-refractivity contribution in [2.45, 2.75) is 59.7 Å². The molecule has 2 aromatic heterocycles. The number of pyridine rings is 1. The molecule has 1 atom stereocenters. The van der Waals surface area contributed by atoms with Crippen LogP contribution in [0, 0.1) is 20.8 Å². The van der Waals surface area contributed by atoms with E-state index >= 15 is 0 Å². The van der Waals surface area contributed by atoms with Crippen LogP contribution in [0.25, 0.3) is 0 Å². The van der Waals surface area contributed by atoms with Crippen LogP contribution in [0.15, 0.2) is 24.4 Å². The van der Waals surface area contributed by atoms with E-state index in [1.54, 1.807) is 11.1 Å². The molecule has 1 unspecified atom stereocenters. The fraction of sp³-hybridized carbons (Fsp3) is 0.526. The van der Waals surface area contributed by atoms with E-state index in [1.807, 2.05) is 50.6 Å². The first-order valence-corrected chi connectivity index (χ1v) is 8.78. The van der Waals surface area contributed by atoms with E-state index in [0.29, 0.717) is 25.9 Å². The highest BCUT2D eigenvalue weighted by molar-refractivity contribution is 5.76. The highest BCUT2D eigenvalue weighted by atomic mass is 16.3. The number of nitrogens with zero attached hydrogens (tertiary/aromatic N) is 4. The van der Waals surface area contributed by atoms with Gasteiger partial charge >= 0.3 is 0 Å². The monoisotopic (exact) mass is 344 g/mol. The maximum absolute atomic E-state index is 12.8. The Morgan fingerprint density at radius 3 is 2.60 bits per heavy atom. The predicted octanol–water partition coefficient (Wildman–Crippen LogP) is 2.39. The molecule has 1 N–H and O–H groups in total. The summed E-state index contributed by atoms with van der Waals surface area (Å²) in [6.07, 6.45) is 2.77. The molecule has 136 valence electrons. The fourth-order valence-corrected chi connectivity index (χ4v) is 2.88. The Balaban J connectivity index is 2.10. The predicted molar refractivity (Wildman–Crippen MR) is 97.0 cm³/mol. The second kappa shape index (κ2) is 8.76. The highest BCUT2D eigenvalue weighted by Gasteiger charge is 2.22. The summed E-state index contributed by atoms with van der Waals surface area (Å²) in [4.78, 5) is 18.9. The molecule has 0 aliphatic rings. The maximum atomic E-state index is 12.8. The van der Waals surface area contributed by atoms with Crippen LogP contribution in [-0.4, -0.2) is 43.3 Å². The largest absolute Gasteiger partial charge is 0.394 e. The summed E-state index contributed by atoms with van der Waals surface area (Å²) in [6.45, 7) is 8.93. The van der Waals surface area contributed by atoms with E-state index in [1.165, 1.54) is 5.56 Å². The summed E-state index contributed by atoms with van der Waals surface area (Å²) in [6, 6.07) is 5.46. The Morgan fingerprint density at radius 2 is 2.08 bits per heavy atom. The molecule has 6 heteroatoms. The lowest BCUT2D eigenvalue weighted by molar-refractivity contribution is -0.135. The van der Waals surface area contributed by atoms with E-state index in [-0.39, 0.29) is 18.6 Å². The van der Waals surface area contributed by atoms with Crippen LogP contribution < -0.4 is 0 Å². The van der Waals surface area contributed by atoms with Crippen molar-refractivity contribution >= 4 is 5.91 Å². The summed E-state index contributed by atoms with van der Waals surface area (Å²) < 4.78 is 1.89. The van der Waals surface area contributed by atoms with Crippen LogP contribution >= 0.6 is 0 Å². The smallest absolute Gasteiger partial charge is 0.225 e. The average molecular weight is 344 g/mol. The van der Waals surface area contributed by atoms with Crippen molar-refractivity contribution in [1.29, 1.82) is 0 Å². The van der Waals surface area contributed by atoms with E-state index in [0.717, 1.165) is 17.1 Å². The van der Waals surface area contributed by atoms with Crippen molar-refractivity contribution < 1.29 is 9.90 Å². The van der Waals surface area contributed by atoms with E-state index in [9.17, 15) is 9.90 Å². The number of carbonyl (C=O) groups is 1. The molecule has 0 bridgehead atoms. The quantitative estimate of drug-likeness (QED) is 0.798. The molecule has 25 heavy (non-hydrogen) atoms. The molecule has 2 rings (SSSR count). The first-order valence-electron chi connectivity index (χ1n) is 8.78. The summed E-state index contributed by atoms with van der Waals surface area (Å²) in [5.74, 6) is 0.0109. The maximum Gasteiger partial charge on any atom is 0.225 e. The van der Waals surface area contributed by atoms with Crippen molar-refractivity contribution in [2.24, 2.45) is 0 Å². The SMILES string of the molecule is CCC(CO)N(Cc1ccccn1)C(=O)CCn1nc(C)c(C)c1C. The third-order valence-electron chi connectivity index (χ3n) is 4.78. The van der Waals surface area contributed by atoms with Gasteiger partial charge in [0.2, 0.25) is 5.91 Å². The molecule has 0 fully saturated rings. The van der Waals surface area contributed by atoms with E-state index < -0.39 is 0 Å². The van der Waals surface area contributed by atoms with Gasteiger partial charge in [-0.2, -0.15) is 5.10 Å². The summed E-state index contributed by atoms with van der Waals surface area (Å²) >= 11 is 0. The zero-order valence-electron chi connectivity index (χ0n) is 15.6. The zero-order chi connectivity index (χ0) is 18.4. The number of aryl methyl sites for hydroxylation is 2. The molecule has 0 spiro atoms. The van der Waals surface area contributed by atoms with Gasteiger partial charge < -0.3 is 10.0 Å². The number of hydrogen-bond acceptors (Lipinski definition) is 4. The van der Waals surface area contributed by atoms with E-state index in [4.69, 9.17) is 0 Å². The van der Waals surface area contributed by atoms with Gasteiger partial charge in [-0.15, -0.1) is 0 Å². The van der Waals surface area contributed by atoms with Gasteiger partial charge in [-0.25, -0.2) is 0 Å². The van der Waals surface area contributed by atoms with Gasteiger partial charge in [-0.05, 0) is 44.9 Å². The fourth-order valence-electron chi connectivity index (χ4n) is 2.88. The highest BCUT2D eigenvalue weighted by Crippen LogP contribution is 2.14. The van der Waals surface area contributed by atoms with Crippen LogP contribution in [0.2, 0.25) is 0 Å². The number of aliphatic hydroxyl groups is 1. The molecule has 0 aromatic carbocycles. The molecule has 2 heterocycles. The van der Waals surface area contributed by atoms with Crippen molar-refractivity contribution in [3.63, 3.8) is 0 Å². The second-order valence-corrected chi connectivity index (χ2v) is 6.36. The van der Waals surface area contributed by atoms with Crippen molar-refractivity contribution in [3.05, 3.63) is 47.0 Å². The minimum absolute atomic E-state index is 0.0109. The molecule has 6 nitrogen and oxygen atoms in total. The van der Waals surface area contributed by atoms with Crippen molar-refractivity contribution in [1.82, 2.24) is 19.7 Å². The number of amides is 1. The Labute approximate surface area is 149 Å². The molecule has 0 radical (unpaired) electrons. The third kappa shape index (κ3) is 4.66. The molecular weight excluding hydrogens is 316 g/mol. The second-order valence-electron chi connectivity index (χ2n) is 6.36. The van der Waals surface area contributed by atoms with Gasteiger partial charge in [-0.3, -0.25) is 14.5 Å². The lowest BCUT2D eigenvalue weighted by Gasteiger charge is -2.30. The number of aliphatic hydroxyl groups excluding tert-OH is 1. The minimum atomic E-state index is -0.198. The first kappa shape index (κ1) is 19.1. The number of hydrogen-bond donors (Lipinski definition) is 1. The molecule has 0 aliphatic heterocycles. The topological polar surface area (TPSA) is 71.2 Å². The summed E-state index contributed by atoms with van der Waals surface area (Å²) in [7, 11) is 0. The Bertz CT molecular complexity index is 693. The zero-order valence-corrected chi connectivity index (χ0v) is 15.6. The van der Waals surface area contributed by atoms with Crippen LogP contribution in [0.3, 0.4) is 0 Å². The Morgan fingerprint density at radius 1 is 1.32 bits per heavy atom. The molecule has 1 amide bonds. The van der Waals surface area contributed by atoms with E-state index in [2.05, 4.69) is 10.1 Å². The molecule has 0 aliphatic carbocycles. The van der Waals surface area contributed by atoms with Gasteiger partial charge in [0.25, 0.3) is 0 Å². The van der Waals surface area contributed by atoms with Gasteiger partial charge in [-0.1, -0.05) is 13.0 Å². The van der Waals surface area contributed by atoms with Crippen molar-refractivity contribution in [2.75, 3.05) is 6.61 Å². The number of aromatic nitrogens is 3. The third-order valence-corrected chi connectivity index (χ3v) is 4.78. The Kier molecular flexibility index (Phi) is 6.70. The molecule has 0 saturated heterocycles. The minimum Gasteiger partial charge on any atom is -0.394 e. The normalized spacial score (nSPS) is 12.2. The van der Waals surface area contributed by atoms with Gasteiger partial charge in [0.15, 0.2) is 0 Å². The summed E-state index contributed by atoms with van der Waals surface area (Å²) in [5, 5.41) is 14.2. The number of rotatable bonds is 8.